The van der Waals surface area contributed by atoms with Crippen molar-refractivity contribution in [3.8, 4) is 28.1 Å². The second-order valence-electron chi connectivity index (χ2n) is 5.93. The molecule has 0 N–H and O–H groups in total. The fourth-order valence-corrected chi connectivity index (χ4v) is 3.27. The largest absolute Gasteiger partial charge is 0.468 e. The van der Waals surface area contributed by atoms with Crippen LogP contribution in [0.25, 0.3) is 22.3 Å². The Morgan fingerprint density at radius 2 is 1.52 bits per heavy atom. The van der Waals surface area contributed by atoms with E-state index in [1.807, 2.05) is 30.3 Å². The van der Waals surface area contributed by atoms with Gasteiger partial charge in [-0.2, -0.15) is 13.2 Å². The molecule has 1 heterocycles. The van der Waals surface area contributed by atoms with Crippen LogP contribution in [0.2, 0.25) is 0 Å². The minimum absolute atomic E-state index is 0.00387. The SMILES string of the molecule is FC(F)(F)COc1ncccc1-c1cccc2c1Cc1ccccc1-2. The Kier molecular flexibility index (Phi) is 3.71. The quantitative estimate of drug-likeness (QED) is 0.507. The first-order valence-corrected chi connectivity index (χ1v) is 7.88. The highest BCUT2D eigenvalue weighted by Gasteiger charge is 2.29. The number of fused-ring (bicyclic) bond motifs is 3. The highest BCUT2D eigenvalue weighted by molar-refractivity contribution is 5.85. The molecule has 5 heteroatoms. The molecule has 0 unspecified atom stereocenters. The normalized spacial score (nSPS) is 12.6. The summed E-state index contributed by atoms with van der Waals surface area (Å²) in [6, 6.07) is 17.4. The van der Waals surface area contributed by atoms with Gasteiger partial charge >= 0.3 is 6.18 Å². The maximum Gasteiger partial charge on any atom is 0.422 e. The van der Waals surface area contributed by atoms with Crippen molar-refractivity contribution in [3.05, 3.63) is 71.9 Å². The van der Waals surface area contributed by atoms with Crippen molar-refractivity contribution in [1.82, 2.24) is 4.98 Å². The Bertz CT molecular complexity index is 934. The van der Waals surface area contributed by atoms with Gasteiger partial charge in [-0.1, -0.05) is 42.5 Å². The lowest BCUT2D eigenvalue weighted by Crippen LogP contribution is -2.20. The maximum atomic E-state index is 12.5. The van der Waals surface area contributed by atoms with Gasteiger partial charge in [0.15, 0.2) is 6.61 Å². The van der Waals surface area contributed by atoms with Gasteiger partial charge in [-0.3, -0.25) is 0 Å². The molecular weight excluding hydrogens is 327 g/mol. The summed E-state index contributed by atoms with van der Waals surface area (Å²) in [6.45, 7) is -1.35. The minimum atomic E-state index is -4.40. The van der Waals surface area contributed by atoms with Crippen molar-refractivity contribution in [1.29, 1.82) is 0 Å². The molecule has 0 aliphatic heterocycles. The van der Waals surface area contributed by atoms with E-state index in [1.165, 1.54) is 17.3 Å². The summed E-state index contributed by atoms with van der Waals surface area (Å²) in [5, 5.41) is 0. The van der Waals surface area contributed by atoms with Crippen LogP contribution >= 0.6 is 0 Å². The summed E-state index contributed by atoms with van der Waals surface area (Å²) in [7, 11) is 0. The monoisotopic (exact) mass is 341 g/mol. The Hall–Kier alpha value is -2.82. The molecular formula is C20H14F3NO. The van der Waals surface area contributed by atoms with E-state index in [4.69, 9.17) is 4.74 Å². The van der Waals surface area contributed by atoms with E-state index >= 15 is 0 Å². The van der Waals surface area contributed by atoms with Crippen LogP contribution in [0.5, 0.6) is 5.88 Å². The molecule has 0 saturated carbocycles. The number of nitrogens with zero attached hydrogens (tertiary/aromatic N) is 1. The molecule has 1 aromatic heterocycles. The van der Waals surface area contributed by atoms with E-state index in [0.29, 0.717) is 5.56 Å². The molecule has 25 heavy (non-hydrogen) atoms. The van der Waals surface area contributed by atoms with Crippen LogP contribution in [-0.2, 0) is 6.42 Å². The van der Waals surface area contributed by atoms with Crippen LogP contribution in [-0.4, -0.2) is 17.8 Å². The van der Waals surface area contributed by atoms with Gasteiger partial charge in [-0.05, 0) is 46.4 Å². The van der Waals surface area contributed by atoms with Crippen molar-refractivity contribution in [2.75, 3.05) is 6.61 Å². The van der Waals surface area contributed by atoms with Crippen molar-refractivity contribution in [2.45, 2.75) is 12.6 Å². The molecule has 126 valence electrons. The molecule has 4 rings (SSSR count). The summed E-state index contributed by atoms with van der Waals surface area (Å²) in [4.78, 5) is 4.01. The lowest BCUT2D eigenvalue weighted by molar-refractivity contribution is -0.154. The molecule has 2 nitrogen and oxygen atoms in total. The van der Waals surface area contributed by atoms with E-state index in [2.05, 4.69) is 17.1 Å². The molecule has 0 amide bonds. The van der Waals surface area contributed by atoms with Crippen LogP contribution in [0.15, 0.2) is 60.8 Å². The van der Waals surface area contributed by atoms with Gasteiger partial charge in [0, 0.05) is 11.8 Å². The van der Waals surface area contributed by atoms with E-state index in [9.17, 15) is 13.2 Å². The molecule has 3 aromatic rings. The molecule has 0 saturated heterocycles. The summed E-state index contributed by atoms with van der Waals surface area (Å²) in [5.41, 5.74) is 6.02. The Labute approximate surface area is 142 Å². The van der Waals surface area contributed by atoms with Gasteiger partial charge < -0.3 is 4.74 Å². The smallest absolute Gasteiger partial charge is 0.422 e. The first-order chi connectivity index (χ1) is 12.0. The Morgan fingerprint density at radius 3 is 2.32 bits per heavy atom. The molecule has 0 atom stereocenters. The first kappa shape index (κ1) is 15.7. The van der Waals surface area contributed by atoms with Gasteiger partial charge in [0.1, 0.15) is 0 Å². The van der Waals surface area contributed by atoms with E-state index < -0.39 is 12.8 Å². The fourth-order valence-electron chi connectivity index (χ4n) is 3.27. The predicted octanol–water partition coefficient (Wildman–Crippen LogP) is 5.26. The lowest BCUT2D eigenvalue weighted by Gasteiger charge is -2.14. The molecule has 2 aromatic carbocycles. The molecule has 0 spiro atoms. The van der Waals surface area contributed by atoms with Gasteiger partial charge in [0.05, 0.1) is 0 Å². The highest BCUT2D eigenvalue weighted by atomic mass is 19.4. The second-order valence-corrected chi connectivity index (χ2v) is 5.93. The van der Waals surface area contributed by atoms with Crippen molar-refractivity contribution >= 4 is 0 Å². The first-order valence-electron chi connectivity index (χ1n) is 7.88. The van der Waals surface area contributed by atoms with Crippen LogP contribution < -0.4 is 4.74 Å². The predicted molar refractivity (Wildman–Crippen MR) is 89.5 cm³/mol. The van der Waals surface area contributed by atoms with Gasteiger partial charge in [0.25, 0.3) is 0 Å². The number of halogens is 3. The zero-order valence-corrected chi connectivity index (χ0v) is 13.2. The highest BCUT2D eigenvalue weighted by Crippen LogP contribution is 2.43. The van der Waals surface area contributed by atoms with Gasteiger partial charge in [0.2, 0.25) is 5.88 Å². The summed E-state index contributed by atoms with van der Waals surface area (Å²) >= 11 is 0. The third-order valence-electron chi connectivity index (χ3n) is 4.28. The van der Waals surface area contributed by atoms with E-state index in [-0.39, 0.29) is 5.88 Å². The molecule has 1 aliphatic rings. The topological polar surface area (TPSA) is 22.1 Å². The third kappa shape index (κ3) is 2.97. The number of alkyl halides is 3. The number of pyridine rings is 1. The number of benzene rings is 2. The van der Waals surface area contributed by atoms with Crippen molar-refractivity contribution in [3.63, 3.8) is 0 Å². The van der Waals surface area contributed by atoms with Crippen LogP contribution in [0.3, 0.4) is 0 Å². The maximum absolute atomic E-state index is 12.5. The Morgan fingerprint density at radius 1 is 0.840 bits per heavy atom. The average Bonchev–Trinajstić information content (AvgIpc) is 2.98. The standard InChI is InChI=1S/C20H14F3NO/c21-20(22,23)12-25-19-17(9-4-10-24-19)16-8-3-7-15-14-6-2-1-5-13(14)11-18(15)16/h1-10H,11-12H2. The van der Waals surface area contributed by atoms with Crippen molar-refractivity contribution in [2.24, 2.45) is 0 Å². The molecule has 0 radical (unpaired) electrons. The summed E-state index contributed by atoms with van der Waals surface area (Å²) < 4.78 is 42.5. The zero-order chi connectivity index (χ0) is 17.4. The number of ether oxygens (including phenoxy) is 1. The van der Waals surface area contributed by atoms with E-state index in [0.717, 1.165) is 23.1 Å². The van der Waals surface area contributed by atoms with Gasteiger partial charge in [-0.25, -0.2) is 4.98 Å². The number of rotatable bonds is 3. The second kappa shape index (κ2) is 5.92. The van der Waals surface area contributed by atoms with Crippen LogP contribution in [0, 0.1) is 0 Å². The molecule has 1 aliphatic carbocycles. The third-order valence-corrected chi connectivity index (χ3v) is 4.28. The molecule has 0 fully saturated rings. The fraction of sp³-hybridized carbons (Fsp3) is 0.150. The Balaban J connectivity index is 1.78. The number of aromatic nitrogens is 1. The lowest BCUT2D eigenvalue weighted by atomic mass is 9.96. The van der Waals surface area contributed by atoms with E-state index in [1.54, 1.807) is 12.1 Å². The zero-order valence-electron chi connectivity index (χ0n) is 13.2. The van der Waals surface area contributed by atoms with Crippen LogP contribution in [0.4, 0.5) is 13.2 Å². The number of hydrogen-bond donors (Lipinski definition) is 0. The van der Waals surface area contributed by atoms with Crippen LogP contribution in [0.1, 0.15) is 11.1 Å². The summed E-state index contributed by atoms with van der Waals surface area (Å²) in [6.07, 6.45) is -2.22. The van der Waals surface area contributed by atoms with Gasteiger partial charge in [-0.15, -0.1) is 0 Å². The number of hydrogen-bond acceptors (Lipinski definition) is 2. The molecule has 0 bridgehead atoms. The summed E-state index contributed by atoms with van der Waals surface area (Å²) in [5.74, 6) is 0.00387. The average molecular weight is 341 g/mol. The minimum Gasteiger partial charge on any atom is -0.468 e. The van der Waals surface area contributed by atoms with Crippen molar-refractivity contribution < 1.29 is 17.9 Å².